The quantitative estimate of drug-likeness (QED) is 0.748. The minimum atomic E-state index is -0.0839. The third-order valence-electron chi connectivity index (χ3n) is 2.26. The molecule has 0 bridgehead atoms. The van der Waals surface area contributed by atoms with Crippen LogP contribution in [0.15, 0.2) is 24.3 Å². The zero-order valence-electron chi connectivity index (χ0n) is 9.25. The van der Waals surface area contributed by atoms with Crippen LogP contribution in [0.1, 0.15) is 24.5 Å². The van der Waals surface area contributed by atoms with E-state index < -0.39 is 0 Å². The van der Waals surface area contributed by atoms with Gasteiger partial charge in [0.15, 0.2) is 0 Å². The molecule has 0 fully saturated rings. The minimum absolute atomic E-state index is 0.0839. The van der Waals surface area contributed by atoms with Crippen LogP contribution in [-0.4, -0.2) is 13.0 Å². The standard InChI is InChI=1S/C12H17NO2/c1-3-10-5-4-6-11(9-10)7-8-12(14)13-15-2/h4-6,9H,3,7-8H2,1-2H3,(H,13,14). The highest BCUT2D eigenvalue weighted by atomic mass is 16.6. The fourth-order valence-corrected chi connectivity index (χ4v) is 1.43. The molecule has 1 amide bonds. The zero-order chi connectivity index (χ0) is 11.1. The van der Waals surface area contributed by atoms with Crippen LogP contribution in [0.2, 0.25) is 0 Å². The molecule has 1 aromatic carbocycles. The van der Waals surface area contributed by atoms with Crippen LogP contribution in [0.25, 0.3) is 0 Å². The molecule has 1 rings (SSSR count). The molecule has 0 aliphatic carbocycles. The van der Waals surface area contributed by atoms with Crippen molar-refractivity contribution in [1.29, 1.82) is 0 Å². The largest absolute Gasteiger partial charge is 0.277 e. The third kappa shape index (κ3) is 4.13. The van der Waals surface area contributed by atoms with Gasteiger partial charge in [-0.2, -0.15) is 0 Å². The van der Waals surface area contributed by atoms with E-state index in [2.05, 4.69) is 29.4 Å². The summed E-state index contributed by atoms with van der Waals surface area (Å²) in [6, 6.07) is 8.31. The van der Waals surface area contributed by atoms with Gasteiger partial charge in [0.1, 0.15) is 0 Å². The number of aryl methyl sites for hydroxylation is 2. The van der Waals surface area contributed by atoms with Gasteiger partial charge in [0.2, 0.25) is 5.91 Å². The predicted molar refractivity (Wildman–Crippen MR) is 59.3 cm³/mol. The number of hydrogen-bond acceptors (Lipinski definition) is 2. The molecular weight excluding hydrogens is 190 g/mol. The number of rotatable bonds is 5. The molecule has 0 saturated heterocycles. The van der Waals surface area contributed by atoms with Gasteiger partial charge in [-0.05, 0) is 24.0 Å². The van der Waals surface area contributed by atoms with Gasteiger partial charge in [0.05, 0.1) is 7.11 Å². The summed E-state index contributed by atoms with van der Waals surface area (Å²) in [6.45, 7) is 2.12. The molecule has 0 atom stereocenters. The second-order valence-corrected chi connectivity index (χ2v) is 3.40. The first kappa shape index (κ1) is 11.7. The fourth-order valence-electron chi connectivity index (χ4n) is 1.43. The summed E-state index contributed by atoms with van der Waals surface area (Å²) in [5.74, 6) is -0.0839. The molecule has 0 unspecified atom stereocenters. The second kappa shape index (κ2) is 6.19. The Kier molecular flexibility index (Phi) is 4.84. The van der Waals surface area contributed by atoms with Crippen LogP contribution in [-0.2, 0) is 22.5 Å². The molecule has 1 N–H and O–H groups in total. The number of carbonyl (C=O) groups is 1. The number of nitrogens with one attached hydrogen (secondary N) is 1. The van der Waals surface area contributed by atoms with Crippen LogP contribution in [0.4, 0.5) is 0 Å². The van der Waals surface area contributed by atoms with Crippen molar-refractivity contribution < 1.29 is 9.63 Å². The first-order valence-corrected chi connectivity index (χ1v) is 5.16. The zero-order valence-corrected chi connectivity index (χ0v) is 9.25. The van der Waals surface area contributed by atoms with Crippen LogP contribution in [0.5, 0.6) is 0 Å². The molecule has 0 aliphatic heterocycles. The molecule has 0 aliphatic rings. The lowest BCUT2D eigenvalue weighted by Gasteiger charge is -2.04. The summed E-state index contributed by atoms with van der Waals surface area (Å²) in [7, 11) is 1.44. The van der Waals surface area contributed by atoms with E-state index >= 15 is 0 Å². The van der Waals surface area contributed by atoms with Gasteiger partial charge in [-0.15, -0.1) is 0 Å². The smallest absolute Gasteiger partial charge is 0.243 e. The highest BCUT2D eigenvalue weighted by Gasteiger charge is 2.01. The van der Waals surface area contributed by atoms with E-state index in [-0.39, 0.29) is 5.91 Å². The Bertz CT molecular complexity index is 323. The summed E-state index contributed by atoms with van der Waals surface area (Å²) < 4.78 is 0. The predicted octanol–water partition coefficient (Wildman–Crippen LogP) is 1.86. The normalized spacial score (nSPS) is 10.0. The average molecular weight is 207 g/mol. The van der Waals surface area contributed by atoms with Gasteiger partial charge in [-0.1, -0.05) is 31.2 Å². The number of carbonyl (C=O) groups excluding carboxylic acids is 1. The monoisotopic (exact) mass is 207 g/mol. The van der Waals surface area contributed by atoms with Crippen LogP contribution < -0.4 is 5.48 Å². The van der Waals surface area contributed by atoms with Crippen molar-refractivity contribution in [2.24, 2.45) is 0 Å². The molecule has 3 heteroatoms. The Morgan fingerprint density at radius 1 is 1.40 bits per heavy atom. The van der Waals surface area contributed by atoms with Crippen LogP contribution in [0.3, 0.4) is 0 Å². The van der Waals surface area contributed by atoms with Crippen LogP contribution >= 0.6 is 0 Å². The lowest BCUT2D eigenvalue weighted by molar-refractivity contribution is -0.131. The lowest BCUT2D eigenvalue weighted by Crippen LogP contribution is -2.21. The summed E-state index contributed by atoms with van der Waals surface area (Å²) >= 11 is 0. The van der Waals surface area contributed by atoms with Crippen molar-refractivity contribution in [2.75, 3.05) is 7.11 Å². The summed E-state index contributed by atoms with van der Waals surface area (Å²) in [4.78, 5) is 15.7. The van der Waals surface area contributed by atoms with E-state index in [1.807, 2.05) is 12.1 Å². The molecular formula is C12H17NO2. The number of benzene rings is 1. The molecule has 0 heterocycles. The van der Waals surface area contributed by atoms with Crippen molar-refractivity contribution in [3.05, 3.63) is 35.4 Å². The third-order valence-corrected chi connectivity index (χ3v) is 2.26. The molecule has 3 nitrogen and oxygen atoms in total. The highest BCUT2D eigenvalue weighted by molar-refractivity contribution is 5.75. The minimum Gasteiger partial charge on any atom is -0.277 e. The molecule has 0 radical (unpaired) electrons. The van der Waals surface area contributed by atoms with E-state index in [9.17, 15) is 4.79 Å². The first-order chi connectivity index (χ1) is 7.26. The van der Waals surface area contributed by atoms with Crippen molar-refractivity contribution in [3.8, 4) is 0 Å². The van der Waals surface area contributed by atoms with Gasteiger partial charge in [-0.3, -0.25) is 9.63 Å². The molecule has 82 valence electrons. The van der Waals surface area contributed by atoms with E-state index in [1.54, 1.807) is 0 Å². The van der Waals surface area contributed by atoms with Crippen molar-refractivity contribution in [1.82, 2.24) is 5.48 Å². The van der Waals surface area contributed by atoms with Gasteiger partial charge in [-0.25, -0.2) is 5.48 Å². The average Bonchev–Trinajstić information content (AvgIpc) is 2.27. The number of hydrogen-bond donors (Lipinski definition) is 1. The SMILES string of the molecule is CCc1cccc(CCC(=O)NOC)c1. The fraction of sp³-hybridized carbons (Fsp3) is 0.417. The van der Waals surface area contributed by atoms with Crippen molar-refractivity contribution in [2.45, 2.75) is 26.2 Å². The summed E-state index contributed by atoms with van der Waals surface area (Å²) in [6.07, 6.45) is 2.24. The van der Waals surface area contributed by atoms with E-state index in [4.69, 9.17) is 0 Å². The topological polar surface area (TPSA) is 38.3 Å². The van der Waals surface area contributed by atoms with Crippen molar-refractivity contribution >= 4 is 5.91 Å². The molecule has 1 aromatic rings. The summed E-state index contributed by atoms with van der Waals surface area (Å²) in [5, 5.41) is 0. The Morgan fingerprint density at radius 2 is 2.13 bits per heavy atom. The Hall–Kier alpha value is -1.35. The molecule has 0 aromatic heterocycles. The van der Waals surface area contributed by atoms with Gasteiger partial charge in [0.25, 0.3) is 0 Å². The van der Waals surface area contributed by atoms with E-state index in [1.165, 1.54) is 18.2 Å². The Balaban J connectivity index is 2.46. The second-order valence-electron chi connectivity index (χ2n) is 3.40. The highest BCUT2D eigenvalue weighted by Crippen LogP contribution is 2.08. The van der Waals surface area contributed by atoms with Crippen LogP contribution in [0, 0.1) is 0 Å². The van der Waals surface area contributed by atoms with E-state index in [0.29, 0.717) is 6.42 Å². The van der Waals surface area contributed by atoms with Gasteiger partial charge in [0, 0.05) is 6.42 Å². The molecule has 15 heavy (non-hydrogen) atoms. The summed E-state index contributed by atoms with van der Waals surface area (Å²) in [5.41, 5.74) is 4.81. The maximum absolute atomic E-state index is 11.1. The lowest BCUT2D eigenvalue weighted by atomic mass is 10.1. The van der Waals surface area contributed by atoms with Gasteiger partial charge >= 0.3 is 0 Å². The van der Waals surface area contributed by atoms with Gasteiger partial charge < -0.3 is 0 Å². The Morgan fingerprint density at radius 3 is 2.80 bits per heavy atom. The maximum Gasteiger partial charge on any atom is 0.243 e. The number of amides is 1. The van der Waals surface area contributed by atoms with E-state index in [0.717, 1.165) is 12.8 Å². The molecule has 0 spiro atoms. The number of hydroxylamine groups is 1. The Labute approximate surface area is 90.4 Å². The first-order valence-electron chi connectivity index (χ1n) is 5.16. The molecule has 0 saturated carbocycles. The maximum atomic E-state index is 11.1. The van der Waals surface area contributed by atoms with Crippen molar-refractivity contribution in [3.63, 3.8) is 0 Å².